The minimum Gasteiger partial charge on any atom is -0.444 e. The maximum absolute atomic E-state index is 13.9. The van der Waals surface area contributed by atoms with Crippen LogP contribution >= 0.6 is 0 Å². The van der Waals surface area contributed by atoms with Crippen LogP contribution in [0.5, 0.6) is 0 Å². The summed E-state index contributed by atoms with van der Waals surface area (Å²) in [6.07, 6.45) is 0.225. The lowest BCUT2D eigenvalue weighted by atomic mass is 10.1. The number of carbonyl (C=O) groups excluding carboxylic acids is 4. The van der Waals surface area contributed by atoms with E-state index in [-0.39, 0.29) is 68.8 Å². The number of fused-ring (bicyclic) bond motifs is 1. The summed E-state index contributed by atoms with van der Waals surface area (Å²) in [5, 5.41) is 11.4. The normalized spacial score (nSPS) is 12.7. The van der Waals surface area contributed by atoms with Gasteiger partial charge in [-0.15, -0.1) is 0 Å². The largest absolute Gasteiger partial charge is 0.444 e. The van der Waals surface area contributed by atoms with Gasteiger partial charge in [0.15, 0.2) is 17.9 Å². The fraction of sp³-hybridized carbons (Fsp3) is 0.515. The number of ether oxygens (including phenoxy) is 1. The first-order valence-electron chi connectivity index (χ1n) is 17.0. The van der Waals surface area contributed by atoms with E-state index in [4.69, 9.17) is 43.6 Å². The fourth-order valence-corrected chi connectivity index (χ4v) is 4.94. The number of anilines is 1. The van der Waals surface area contributed by atoms with Gasteiger partial charge in [0.05, 0.1) is 0 Å². The standard InChI is InChI=1S/C33H53N13O7/c1-18-16-25(47)52-24-17-19(11-12-20(18)24)43-26(48)21(8-5-13-40-29(34)35)44-27(49)22(9-6-14-41-30(36)37)45-28(50)23(10-7-15-42-31(38)39)46-32(51)53-33(2,3)4/h11-12,16-17,21-23H,5-10,13-15H2,1-4H3,(H,43,48)(H,44,49)(H,45,50)(H,46,51)(H4,34,35,40)(H4,36,37,41)(H4,38,39,42)/t21-,22-,23-/m0/s1. The van der Waals surface area contributed by atoms with E-state index in [1.165, 1.54) is 12.1 Å². The molecule has 0 radical (unpaired) electrons. The molecule has 0 aliphatic carbocycles. The molecular weight excluding hydrogens is 690 g/mol. The van der Waals surface area contributed by atoms with Crippen molar-refractivity contribution in [2.75, 3.05) is 25.0 Å². The molecule has 1 aromatic carbocycles. The van der Waals surface area contributed by atoms with E-state index in [2.05, 4.69) is 36.2 Å². The summed E-state index contributed by atoms with van der Waals surface area (Å²) in [4.78, 5) is 77.6. The highest BCUT2D eigenvalue weighted by molar-refractivity contribution is 6.00. The van der Waals surface area contributed by atoms with Gasteiger partial charge < -0.3 is 64.8 Å². The molecule has 20 nitrogen and oxygen atoms in total. The lowest BCUT2D eigenvalue weighted by molar-refractivity contribution is -0.132. The third kappa shape index (κ3) is 16.7. The molecule has 2 aromatic rings. The van der Waals surface area contributed by atoms with E-state index in [1.807, 2.05) is 0 Å². The van der Waals surface area contributed by atoms with Gasteiger partial charge in [-0.25, -0.2) is 9.59 Å². The number of rotatable bonds is 19. The number of amides is 4. The molecule has 3 atom stereocenters. The average molecular weight is 744 g/mol. The van der Waals surface area contributed by atoms with Gasteiger partial charge in [0.2, 0.25) is 17.7 Å². The molecule has 292 valence electrons. The molecule has 20 heteroatoms. The Morgan fingerprint density at radius 2 is 1.17 bits per heavy atom. The molecule has 0 spiro atoms. The van der Waals surface area contributed by atoms with Crippen LogP contribution in [0.2, 0.25) is 0 Å². The van der Waals surface area contributed by atoms with Crippen LogP contribution in [0, 0.1) is 6.92 Å². The van der Waals surface area contributed by atoms with Gasteiger partial charge in [-0.2, -0.15) is 0 Å². The highest BCUT2D eigenvalue weighted by Gasteiger charge is 2.30. The van der Waals surface area contributed by atoms with Gasteiger partial charge in [0, 0.05) is 42.8 Å². The number of aliphatic imine (C=N–C) groups is 3. The minimum absolute atomic E-state index is 0.0485. The molecule has 0 aliphatic heterocycles. The maximum Gasteiger partial charge on any atom is 0.408 e. The maximum atomic E-state index is 13.9. The summed E-state index contributed by atoms with van der Waals surface area (Å²) in [5.41, 5.74) is 32.5. The van der Waals surface area contributed by atoms with Gasteiger partial charge in [0.1, 0.15) is 29.3 Å². The number of carbonyl (C=O) groups is 4. The first-order valence-corrected chi connectivity index (χ1v) is 17.0. The van der Waals surface area contributed by atoms with Crippen molar-refractivity contribution in [3.8, 4) is 0 Å². The number of nitrogens with two attached hydrogens (primary N) is 6. The summed E-state index contributed by atoms with van der Waals surface area (Å²) in [5.74, 6) is -2.45. The summed E-state index contributed by atoms with van der Waals surface area (Å²) < 4.78 is 10.6. The van der Waals surface area contributed by atoms with E-state index in [0.29, 0.717) is 29.5 Å². The quantitative estimate of drug-likeness (QED) is 0.0360. The van der Waals surface area contributed by atoms with Gasteiger partial charge >= 0.3 is 11.7 Å². The second-order valence-corrected chi connectivity index (χ2v) is 13.1. The number of nitrogens with one attached hydrogen (secondary N) is 4. The smallest absolute Gasteiger partial charge is 0.408 e. The highest BCUT2D eigenvalue weighted by atomic mass is 16.6. The van der Waals surface area contributed by atoms with Crippen molar-refractivity contribution in [2.45, 2.75) is 89.9 Å². The van der Waals surface area contributed by atoms with E-state index < -0.39 is 53.2 Å². The van der Waals surface area contributed by atoms with Crippen LogP contribution in [0.4, 0.5) is 10.5 Å². The molecule has 0 saturated heterocycles. The Hall–Kier alpha value is -6.08. The average Bonchev–Trinajstić information content (AvgIpc) is 3.03. The molecule has 1 aromatic heterocycles. The van der Waals surface area contributed by atoms with E-state index in [0.717, 1.165) is 0 Å². The lowest BCUT2D eigenvalue weighted by Gasteiger charge is -2.26. The summed E-state index contributed by atoms with van der Waals surface area (Å²) in [6, 6.07) is 2.69. The SMILES string of the molecule is Cc1cc(=O)oc2cc(NC(=O)[C@H](CCCN=C(N)N)NC(=O)[C@H](CCCN=C(N)N)NC(=O)[C@H](CCCN=C(N)N)NC(=O)OC(C)(C)C)ccc12. The minimum atomic E-state index is -1.21. The van der Waals surface area contributed by atoms with Gasteiger partial charge in [0.25, 0.3) is 0 Å². The zero-order valence-electron chi connectivity index (χ0n) is 30.6. The number of alkyl carbamates (subject to hydrolysis) is 1. The van der Waals surface area contributed by atoms with Gasteiger partial charge in [-0.3, -0.25) is 29.4 Å². The van der Waals surface area contributed by atoms with Gasteiger partial charge in [-0.05, 0) is 83.9 Å². The van der Waals surface area contributed by atoms with E-state index in [1.54, 1.807) is 39.8 Å². The predicted octanol–water partition coefficient (Wildman–Crippen LogP) is -0.936. The van der Waals surface area contributed by atoms with Crippen molar-refractivity contribution in [3.63, 3.8) is 0 Å². The van der Waals surface area contributed by atoms with Gasteiger partial charge in [-0.1, -0.05) is 0 Å². The van der Waals surface area contributed by atoms with Crippen LogP contribution in [0.3, 0.4) is 0 Å². The Labute approximate surface area is 307 Å². The predicted molar refractivity (Wildman–Crippen MR) is 203 cm³/mol. The van der Waals surface area contributed by atoms with Crippen LogP contribution in [0.15, 0.2) is 48.5 Å². The fourth-order valence-electron chi connectivity index (χ4n) is 4.94. The van der Waals surface area contributed by atoms with Crippen molar-refractivity contribution in [1.82, 2.24) is 16.0 Å². The topological polar surface area (TPSA) is 349 Å². The Bertz CT molecular complexity index is 1720. The number of hydrogen-bond donors (Lipinski definition) is 10. The second-order valence-electron chi connectivity index (χ2n) is 13.1. The zero-order valence-corrected chi connectivity index (χ0v) is 30.6. The van der Waals surface area contributed by atoms with Crippen LogP contribution < -0.4 is 61.3 Å². The summed E-state index contributed by atoms with van der Waals surface area (Å²) in [7, 11) is 0. The molecule has 0 fully saturated rings. The van der Waals surface area contributed by atoms with E-state index in [9.17, 15) is 24.0 Å². The summed E-state index contributed by atoms with van der Waals surface area (Å²) in [6.45, 7) is 7.23. The molecule has 0 bridgehead atoms. The molecular formula is C33H53N13O7. The molecule has 2 rings (SSSR count). The first-order chi connectivity index (χ1) is 24.8. The second kappa shape index (κ2) is 20.7. The van der Waals surface area contributed by atoms with Crippen molar-refractivity contribution in [1.29, 1.82) is 0 Å². The van der Waals surface area contributed by atoms with Crippen molar-refractivity contribution in [3.05, 3.63) is 40.2 Å². The Balaban J connectivity index is 2.36. The molecule has 53 heavy (non-hydrogen) atoms. The molecule has 0 aliphatic rings. The summed E-state index contributed by atoms with van der Waals surface area (Å²) >= 11 is 0. The number of guanidine groups is 3. The Morgan fingerprint density at radius 1 is 0.717 bits per heavy atom. The Kier molecular flexibility index (Phi) is 16.8. The van der Waals surface area contributed by atoms with Crippen LogP contribution in [-0.4, -0.2) is 85.1 Å². The number of hydrogen-bond acceptors (Lipinski definition) is 10. The molecule has 0 unspecified atom stereocenters. The van der Waals surface area contributed by atoms with Crippen LogP contribution in [0.1, 0.15) is 64.9 Å². The number of nitrogens with zero attached hydrogens (tertiary/aromatic N) is 3. The lowest BCUT2D eigenvalue weighted by Crippen LogP contribution is -2.56. The first kappa shape index (κ1) is 43.1. The highest BCUT2D eigenvalue weighted by Crippen LogP contribution is 2.21. The van der Waals surface area contributed by atoms with Crippen molar-refractivity contribution < 1.29 is 28.3 Å². The monoisotopic (exact) mass is 743 g/mol. The third-order valence-corrected chi connectivity index (χ3v) is 7.33. The van der Waals surface area contributed by atoms with Crippen molar-refractivity contribution >= 4 is 58.4 Å². The van der Waals surface area contributed by atoms with E-state index >= 15 is 0 Å². The zero-order chi connectivity index (χ0) is 39.7. The molecule has 1 heterocycles. The number of aryl methyl sites for hydroxylation is 1. The number of benzene rings is 1. The third-order valence-electron chi connectivity index (χ3n) is 7.33. The molecule has 16 N–H and O–H groups in total. The van der Waals surface area contributed by atoms with Crippen molar-refractivity contribution in [2.24, 2.45) is 49.4 Å². The molecule has 0 saturated carbocycles. The van der Waals surface area contributed by atoms with Crippen LogP contribution in [-0.2, 0) is 19.1 Å². The Morgan fingerprint density at radius 3 is 1.62 bits per heavy atom. The van der Waals surface area contributed by atoms with Crippen LogP contribution in [0.25, 0.3) is 11.0 Å². The molecule has 4 amide bonds.